The van der Waals surface area contributed by atoms with Crippen molar-refractivity contribution in [2.24, 2.45) is 0 Å². The fourth-order valence-corrected chi connectivity index (χ4v) is 3.43. The Bertz CT molecular complexity index is 908. The molecule has 3 rings (SSSR count). The average Bonchev–Trinajstić information content (AvgIpc) is 3.01. The highest BCUT2D eigenvalue weighted by molar-refractivity contribution is 9.10. The molecule has 0 fully saturated rings. The van der Waals surface area contributed by atoms with Crippen molar-refractivity contribution in [3.63, 3.8) is 0 Å². The summed E-state index contributed by atoms with van der Waals surface area (Å²) in [4.78, 5) is 4.61. The second-order valence-corrected chi connectivity index (χ2v) is 8.52. The predicted octanol–water partition coefficient (Wildman–Crippen LogP) is 5.84. The first-order valence-electron chi connectivity index (χ1n) is 9.28. The van der Waals surface area contributed by atoms with Gasteiger partial charge >= 0.3 is 0 Å². The number of fused-ring (bicyclic) bond motifs is 1. The first-order valence-corrected chi connectivity index (χ1v) is 10.1. The van der Waals surface area contributed by atoms with E-state index in [9.17, 15) is 5.11 Å². The van der Waals surface area contributed by atoms with Crippen LogP contribution in [-0.2, 0) is 16.8 Å². The molecule has 0 saturated carbocycles. The predicted molar refractivity (Wildman–Crippen MR) is 112 cm³/mol. The van der Waals surface area contributed by atoms with E-state index in [1.807, 2.05) is 24.3 Å². The maximum Gasteiger partial charge on any atom is 0.227 e. The zero-order chi connectivity index (χ0) is 19.6. The minimum absolute atomic E-state index is 0.278. The second-order valence-electron chi connectivity index (χ2n) is 7.60. The molecule has 0 aliphatic carbocycles. The zero-order valence-electron chi connectivity index (χ0n) is 16.3. The van der Waals surface area contributed by atoms with Crippen molar-refractivity contribution in [2.75, 3.05) is 6.61 Å². The molecular formula is C22H26BrNO3. The second kappa shape index (κ2) is 8.13. The summed E-state index contributed by atoms with van der Waals surface area (Å²) in [5.41, 5.74) is 3.24. The van der Waals surface area contributed by atoms with Crippen LogP contribution in [0.2, 0.25) is 0 Å². The molecule has 2 aromatic carbocycles. The number of aromatic nitrogens is 1. The molecule has 144 valence electrons. The van der Waals surface area contributed by atoms with Crippen molar-refractivity contribution in [1.29, 1.82) is 0 Å². The summed E-state index contributed by atoms with van der Waals surface area (Å²) < 4.78 is 12.5. The van der Waals surface area contributed by atoms with Crippen LogP contribution < -0.4 is 0 Å². The maximum absolute atomic E-state index is 10.4. The van der Waals surface area contributed by atoms with Gasteiger partial charge in [-0.3, -0.25) is 0 Å². The van der Waals surface area contributed by atoms with Crippen LogP contribution in [0.15, 0.2) is 45.3 Å². The first kappa shape index (κ1) is 20.1. The Morgan fingerprint density at radius 2 is 1.89 bits per heavy atom. The molecule has 1 N–H and O–H groups in total. The SMILES string of the molecule is CC(C)OCCCc1ccc(-c2nc3cc(Br)cc(C(C)(C)O)c3o2)cc1. The lowest BCUT2D eigenvalue weighted by atomic mass is 9.98. The summed E-state index contributed by atoms with van der Waals surface area (Å²) in [6, 6.07) is 12.0. The molecule has 4 nitrogen and oxygen atoms in total. The van der Waals surface area contributed by atoms with Crippen molar-refractivity contribution in [1.82, 2.24) is 4.98 Å². The van der Waals surface area contributed by atoms with E-state index in [1.54, 1.807) is 13.8 Å². The van der Waals surface area contributed by atoms with E-state index in [0.717, 1.165) is 35.0 Å². The number of benzene rings is 2. The third-order valence-corrected chi connectivity index (χ3v) is 4.83. The summed E-state index contributed by atoms with van der Waals surface area (Å²) in [5.74, 6) is 0.559. The van der Waals surface area contributed by atoms with E-state index < -0.39 is 5.60 Å². The van der Waals surface area contributed by atoms with Crippen molar-refractivity contribution in [3.8, 4) is 11.5 Å². The lowest BCUT2D eigenvalue weighted by molar-refractivity contribution is 0.0771. The van der Waals surface area contributed by atoms with Crippen LogP contribution in [0.3, 0.4) is 0 Å². The number of aryl methyl sites for hydroxylation is 1. The third kappa shape index (κ3) is 4.98. The smallest absolute Gasteiger partial charge is 0.227 e. The lowest BCUT2D eigenvalue weighted by Crippen LogP contribution is -2.15. The van der Waals surface area contributed by atoms with Crippen LogP contribution in [0.5, 0.6) is 0 Å². The van der Waals surface area contributed by atoms with Gasteiger partial charge < -0.3 is 14.3 Å². The Kier molecular flexibility index (Phi) is 6.04. The highest BCUT2D eigenvalue weighted by Gasteiger charge is 2.23. The van der Waals surface area contributed by atoms with E-state index in [-0.39, 0.29) is 6.10 Å². The maximum atomic E-state index is 10.4. The molecule has 1 heterocycles. The van der Waals surface area contributed by atoms with Gasteiger partial charge in [0, 0.05) is 22.2 Å². The number of hydrogen-bond donors (Lipinski definition) is 1. The molecule has 0 atom stereocenters. The van der Waals surface area contributed by atoms with Gasteiger partial charge in [0.15, 0.2) is 5.58 Å². The molecule has 27 heavy (non-hydrogen) atoms. The molecule has 0 unspecified atom stereocenters. The van der Waals surface area contributed by atoms with Crippen molar-refractivity contribution < 1.29 is 14.3 Å². The number of aliphatic hydroxyl groups is 1. The van der Waals surface area contributed by atoms with Crippen LogP contribution in [0.4, 0.5) is 0 Å². The van der Waals surface area contributed by atoms with Gasteiger partial charge in [-0.05, 0) is 70.4 Å². The van der Waals surface area contributed by atoms with Crippen molar-refractivity contribution >= 4 is 27.0 Å². The molecule has 0 saturated heterocycles. The van der Waals surface area contributed by atoms with Crippen molar-refractivity contribution in [3.05, 3.63) is 52.0 Å². The van der Waals surface area contributed by atoms with E-state index in [1.165, 1.54) is 5.56 Å². The van der Waals surface area contributed by atoms with E-state index in [4.69, 9.17) is 9.15 Å². The Morgan fingerprint density at radius 3 is 2.52 bits per heavy atom. The van der Waals surface area contributed by atoms with Crippen LogP contribution in [0.1, 0.15) is 45.2 Å². The van der Waals surface area contributed by atoms with Gasteiger partial charge in [-0.2, -0.15) is 0 Å². The largest absolute Gasteiger partial charge is 0.436 e. The van der Waals surface area contributed by atoms with Gasteiger partial charge in [0.25, 0.3) is 0 Å². The van der Waals surface area contributed by atoms with Gasteiger partial charge in [0.05, 0.1) is 11.7 Å². The monoisotopic (exact) mass is 431 g/mol. The Hall–Kier alpha value is -1.69. The standard InChI is InChI=1S/C22H26BrNO3/c1-14(2)26-11-5-6-15-7-9-16(10-8-15)21-24-19-13-17(23)12-18(20(19)27-21)22(3,4)25/h7-10,12-14,25H,5-6,11H2,1-4H3. The fourth-order valence-electron chi connectivity index (χ4n) is 2.99. The number of oxazole rings is 1. The molecular weight excluding hydrogens is 406 g/mol. The summed E-state index contributed by atoms with van der Waals surface area (Å²) in [6.07, 6.45) is 2.26. The summed E-state index contributed by atoms with van der Waals surface area (Å²) in [6.45, 7) is 8.37. The molecule has 1 aromatic heterocycles. The number of halogens is 1. The average molecular weight is 432 g/mol. The Balaban J connectivity index is 1.81. The van der Waals surface area contributed by atoms with E-state index >= 15 is 0 Å². The number of nitrogens with zero attached hydrogens (tertiary/aromatic N) is 1. The summed E-state index contributed by atoms with van der Waals surface area (Å²) in [5, 5.41) is 10.4. The molecule has 0 spiro atoms. The highest BCUT2D eigenvalue weighted by atomic mass is 79.9. The third-order valence-electron chi connectivity index (χ3n) is 4.38. The zero-order valence-corrected chi connectivity index (χ0v) is 17.8. The molecule has 5 heteroatoms. The van der Waals surface area contributed by atoms with E-state index in [2.05, 4.69) is 46.9 Å². The van der Waals surface area contributed by atoms with Gasteiger partial charge in [0.2, 0.25) is 5.89 Å². The van der Waals surface area contributed by atoms with Gasteiger partial charge in [-0.25, -0.2) is 4.98 Å². The topological polar surface area (TPSA) is 55.5 Å². The van der Waals surface area contributed by atoms with E-state index in [0.29, 0.717) is 17.0 Å². The fraction of sp³-hybridized carbons (Fsp3) is 0.409. The molecule has 3 aromatic rings. The quantitative estimate of drug-likeness (QED) is 0.477. The van der Waals surface area contributed by atoms with Crippen LogP contribution in [0.25, 0.3) is 22.6 Å². The van der Waals surface area contributed by atoms with Crippen molar-refractivity contribution in [2.45, 2.75) is 52.2 Å². The molecule has 0 aliphatic heterocycles. The Labute approximate surface area is 168 Å². The highest BCUT2D eigenvalue weighted by Crippen LogP contribution is 2.34. The van der Waals surface area contributed by atoms with Crippen LogP contribution >= 0.6 is 15.9 Å². The Morgan fingerprint density at radius 1 is 1.19 bits per heavy atom. The lowest BCUT2D eigenvalue weighted by Gasteiger charge is -2.17. The molecule has 0 bridgehead atoms. The van der Waals surface area contributed by atoms with Gasteiger partial charge in [-0.15, -0.1) is 0 Å². The number of ether oxygens (including phenoxy) is 1. The number of rotatable bonds is 7. The van der Waals surface area contributed by atoms with Crippen LogP contribution in [-0.4, -0.2) is 22.8 Å². The summed E-state index contributed by atoms with van der Waals surface area (Å²) in [7, 11) is 0. The minimum atomic E-state index is -1.01. The molecule has 0 aliphatic rings. The minimum Gasteiger partial charge on any atom is -0.436 e. The summed E-state index contributed by atoms with van der Waals surface area (Å²) >= 11 is 3.49. The molecule has 0 amide bonds. The van der Waals surface area contributed by atoms with Gasteiger partial charge in [0.1, 0.15) is 5.52 Å². The molecule has 0 radical (unpaired) electrons. The first-order chi connectivity index (χ1) is 12.7. The van der Waals surface area contributed by atoms with Gasteiger partial charge in [-0.1, -0.05) is 28.1 Å². The normalized spacial score (nSPS) is 12.3. The van der Waals surface area contributed by atoms with Crippen LogP contribution in [0, 0.1) is 0 Å². The number of hydrogen-bond acceptors (Lipinski definition) is 4.